The van der Waals surface area contributed by atoms with E-state index >= 15 is 0 Å². The van der Waals surface area contributed by atoms with E-state index in [1.165, 1.54) is 0 Å². The summed E-state index contributed by atoms with van der Waals surface area (Å²) in [4.78, 5) is 0. The van der Waals surface area contributed by atoms with Crippen molar-refractivity contribution in [3.63, 3.8) is 0 Å². The molecule has 0 radical (unpaired) electrons. The fourth-order valence-corrected chi connectivity index (χ4v) is 0. The highest BCUT2D eigenvalue weighted by atomic mass is 32.1. The van der Waals surface area contributed by atoms with E-state index in [0.717, 1.165) is 0 Å². The summed E-state index contributed by atoms with van der Waals surface area (Å²) in [5.41, 5.74) is 0. The first kappa shape index (κ1) is 5.09. The first-order valence-electron chi connectivity index (χ1n) is 1.26. The Morgan fingerprint density at radius 1 is 1.60 bits per heavy atom. The largest absolute Gasteiger partial charge is 0.721 e. The van der Waals surface area contributed by atoms with Crippen molar-refractivity contribution in [2.24, 2.45) is 0 Å². The molecule has 0 saturated carbocycles. The summed E-state index contributed by atoms with van der Waals surface area (Å²) >= 11 is 4.49. The highest BCUT2D eigenvalue weighted by Gasteiger charge is 1.92. The molecule has 0 heterocycles. The lowest BCUT2D eigenvalue weighted by Crippen LogP contribution is -2.08. The van der Waals surface area contributed by atoms with E-state index in [0.29, 0.717) is 0 Å². The molecule has 0 aromatic carbocycles. The van der Waals surface area contributed by atoms with Crippen LogP contribution in [-0.4, -0.2) is 4.75 Å². The van der Waals surface area contributed by atoms with Gasteiger partial charge < -0.3 is 12.6 Å². The molecule has 5 heavy (non-hydrogen) atoms. The summed E-state index contributed by atoms with van der Waals surface area (Å²) in [6, 6.07) is 0. The van der Waals surface area contributed by atoms with Gasteiger partial charge in [0, 0.05) is 4.75 Å². The zero-order chi connectivity index (χ0) is 4.50. The van der Waals surface area contributed by atoms with Crippen LogP contribution in [0.3, 0.4) is 0 Å². The third-order valence-electron chi connectivity index (χ3n) is 0. The number of rotatable bonds is 0. The Morgan fingerprint density at radius 3 is 1.60 bits per heavy atom. The van der Waals surface area contributed by atoms with Crippen molar-refractivity contribution in [2.75, 3.05) is 0 Å². The summed E-state index contributed by atoms with van der Waals surface area (Å²) in [6.45, 7) is 10.1. The van der Waals surface area contributed by atoms with Crippen LogP contribution in [0, 0.1) is 20.8 Å². The molecule has 0 aliphatic heterocycles. The molecule has 0 unspecified atom stereocenters. The van der Waals surface area contributed by atoms with E-state index in [2.05, 4.69) is 33.4 Å². The summed E-state index contributed by atoms with van der Waals surface area (Å²) in [6.07, 6.45) is 0. The molecular weight excluding hydrogens is 80.1 g/mol. The molecule has 0 aromatic heterocycles. The molecule has 0 aromatic rings. The highest BCUT2D eigenvalue weighted by Crippen LogP contribution is 1.93. The molecule has 28 valence electrons. The van der Waals surface area contributed by atoms with Gasteiger partial charge in [-0.05, 0) is 0 Å². The first-order valence-corrected chi connectivity index (χ1v) is 1.67. The second-order valence-corrected chi connectivity index (χ2v) is 2.05. The molecule has 0 spiro atoms. The van der Waals surface area contributed by atoms with Crippen molar-refractivity contribution >= 4 is 12.6 Å². The van der Waals surface area contributed by atoms with Crippen molar-refractivity contribution in [1.82, 2.24) is 0 Å². The van der Waals surface area contributed by atoms with Crippen LogP contribution in [0.5, 0.6) is 0 Å². The van der Waals surface area contributed by atoms with Crippen molar-refractivity contribution in [3.8, 4) is 0 Å². The molecule has 0 fully saturated rings. The summed E-state index contributed by atoms with van der Waals surface area (Å²) in [5.74, 6) is 0. The normalized spacial score (nSPS) is 11.6. The Labute approximate surface area is 39.0 Å². The molecule has 1 heteroatoms. The summed E-state index contributed by atoms with van der Waals surface area (Å²) in [7, 11) is 0. The van der Waals surface area contributed by atoms with Gasteiger partial charge in [-0.25, -0.2) is 0 Å². The lowest BCUT2D eigenvalue weighted by Gasteiger charge is -2.14. The molecular formula is C4H6S. The predicted octanol–water partition coefficient (Wildman–Crippen LogP) is 0.774. The Morgan fingerprint density at radius 2 is 1.60 bits per heavy atom. The number of hydrogen-bond donors (Lipinski definition) is 0. The monoisotopic (exact) mass is 86.0 g/mol. The second kappa shape index (κ2) is 1.05. The molecule has 0 aliphatic carbocycles. The van der Waals surface area contributed by atoms with Gasteiger partial charge in [-0.15, -0.1) is 0 Å². The molecule has 0 atom stereocenters. The van der Waals surface area contributed by atoms with Crippen molar-refractivity contribution in [3.05, 3.63) is 20.8 Å². The van der Waals surface area contributed by atoms with E-state index in [1.807, 2.05) is 0 Å². The van der Waals surface area contributed by atoms with Gasteiger partial charge in [-0.3, -0.25) is 6.92 Å². The molecule has 0 N–H and O–H groups in total. The van der Waals surface area contributed by atoms with Gasteiger partial charge in [0.2, 0.25) is 0 Å². The molecule has 0 nitrogen and oxygen atoms in total. The summed E-state index contributed by atoms with van der Waals surface area (Å²) < 4.78 is -0.667. The fraction of sp³-hybridized carbons (Fsp3) is 0.250. The zero-order valence-electron chi connectivity index (χ0n) is 3.03. The minimum atomic E-state index is -0.667. The van der Waals surface area contributed by atoms with Gasteiger partial charge in [-0.2, -0.15) is 0 Å². The molecule has 0 saturated heterocycles. The van der Waals surface area contributed by atoms with Crippen LogP contribution in [0.25, 0.3) is 0 Å². The van der Waals surface area contributed by atoms with E-state index < -0.39 is 4.75 Å². The van der Waals surface area contributed by atoms with Crippen LogP contribution in [-0.2, 0) is 12.6 Å². The SMILES string of the molecule is [CH2+]C([CH2+])([CH2-])[S-]. The maximum absolute atomic E-state index is 4.49. The predicted molar refractivity (Wildman–Crippen MR) is 26.2 cm³/mol. The maximum Gasteiger partial charge on any atom is 0.0559 e. The van der Waals surface area contributed by atoms with Crippen LogP contribution >= 0.6 is 0 Å². The van der Waals surface area contributed by atoms with Crippen LogP contribution < -0.4 is 0 Å². The van der Waals surface area contributed by atoms with Gasteiger partial charge in [0.1, 0.15) is 0 Å². The second-order valence-electron chi connectivity index (χ2n) is 1.18. The Hall–Kier alpha value is 0.0900. The van der Waals surface area contributed by atoms with Crippen molar-refractivity contribution in [1.29, 1.82) is 0 Å². The maximum atomic E-state index is 4.49. The average molecular weight is 86.2 g/mol. The lowest BCUT2D eigenvalue weighted by atomic mass is 10.3. The third-order valence-corrected chi connectivity index (χ3v) is 0. The van der Waals surface area contributed by atoms with Crippen molar-refractivity contribution < 1.29 is 0 Å². The van der Waals surface area contributed by atoms with E-state index in [1.54, 1.807) is 0 Å². The Balaban J connectivity index is 3.02. The molecule has 0 bridgehead atoms. The standard InChI is InChI=1S/C4H6S/c1-4(2,3)5/h1-3H2. The average Bonchev–Trinajstić information content (AvgIpc) is 0.722. The van der Waals surface area contributed by atoms with Gasteiger partial charge in [0.15, 0.2) is 0 Å². The van der Waals surface area contributed by atoms with Crippen LogP contribution in [0.4, 0.5) is 0 Å². The minimum Gasteiger partial charge on any atom is -0.721 e. The third kappa shape index (κ3) is 2210. The van der Waals surface area contributed by atoms with Gasteiger partial charge in [0.05, 0.1) is 13.8 Å². The molecule has 0 aliphatic rings. The Kier molecular flexibility index (Phi) is 1.07. The molecule has 0 amide bonds. The highest BCUT2D eigenvalue weighted by molar-refractivity contribution is 7.60. The summed E-state index contributed by atoms with van der Waals surface area (Å²) in [5, 5.41) is 0. The van der Waals surface area contributed by atoms with Gasteiger partial charge in [0.25, 0.3) is 0 Å². The first-order chi connectivity index (χ1) is 2.00. The fourth-order valence-electron chi connectivity index (χ4n) is 0. The van der Waals surface area contributed by atoms with E-state index in [-0.39, 0.29) is 0 Å². The van der Waals surface area contributed by atoms with Crippen LogP contribution in [0.1, 0.15) is 0 Å². The topological polar surface area (TPSA) is 0 Å². The quantitative estimate of drug-likeness (QED) is 0.310. The molecule has 0 rings (SSSR count). The number of hydrogen-bond acceptors (Lipinski definition) is 1. The van der Waals surface area contributed by atoms with Crippen LogP contribution in [0.15, 0.2) is 0 Å². The van der Waals surface area contributed by atoms with Crippen molar-refractivity contribution in [2.45, 2.75) is 4.75 Å². The van der Waals surface area contributed by atoms with Crippen LogP contribution in [0.2, 0.25) is 0 Å². The van der Waals surface area contributed by atoms with Gasteiger partial charge >= 0.3 is 0 Å². The lowest BCUT2D eigenvalue weighted by molar-refractivity contribution is 1.14. The smallest absolute Gasteiger partial charge is 0.0559 e. The van der Waals surface area contributed by atoms with Gasteiger partial charge in [-0.1, -0.05) is 0 Å². The van der Waals surface area contributed by atoms with E-state index in [9.17, 15) is 0 Å². The van der Waals surface area contributed by atoms with E-state index in [4.69, 9.17) is 0 Å². The minimum absolute atomic E-state index is 0.667. The zero-order valence-corrected chi connectivity index (χ0v) is 3.85. The Bertz CT molecular complexity index is 19.1.